The van der Waals surface area contributed by atoms with Crippen molar-refractivity contribution in [3.63, 3.8) is 0 Å². The number of alkyl halides is 3. The van der Waals surface area contributed by atoms with Crippen molar-refractivity contribution in [3.8, 4) is 5.88 Å². The van der Waals surface area contributed by atoms with Crippen LogP contribution in [0.5, 0.6) is 5.88 Å². The second-order valence-electron chi connectivity index (χ2n) is 4.53. The highest BCUT2D eigenvalue weighted by atomic mass is 19.4. The number of nitrogens with zero attached hydrogens (tertiary/aromatic N) is 2. The van der Waals surface area contributed by atoms with Gasteiger partial charge < -0.3 is 15.8 Å². The van der Waals surface area contributed by atoms with Crippen LogP contribution < -0.4 is 15.8 Å². The first kappa shape index (κ1) is 17.1. The minimum absolute atomic E-state index is 0.0880. The number of pyridine rings is 1. The van der Waals surface area contributed by atoms with Gasteiger partial charge in [0.1, 0.15) is 0 Å². The van der Waals surface area contributed by atoms with Gasteiger partial charge in [-0.3, -0.25) is 0 Å². The smallest absolute Gasteiger partial charge is 0.422 e. The molecule has 0 aromatic carbocycles. The lowest BCUT2D eigenvalue weighted by Gasteiger charge is -2.13. The molecule has 0 aliphatic carbocycles. The monoisotopic (exact) mass is 304 g/mol. The van der Waals surface area contributed by atoms with E-state index < -0.39 is 12.8 Å². The molecule has 0 saturated heterocycles. The molecular weight excluding hydrogens is 285 g/mol. The molecule has 1 aromatic heterocycles. The summed E-state index contributed by atoms with van der Waals surface area (Å²) in [7, 11) is 0. The molecule has 0 fully saturated rings. The van der Waals surface area contributed by atoms with Crippen LogP contribution in [0.1, 0.15) is 25.8 Å². The van der Waals surface area contributed by atoms with E-state index in [-0.39, 0.29) is 24.4 Å². The summed E-state index contributed by atoms with van der Waals surface area (Å²) in [5.74, 6) is 0.143. The quantitative estimate of drug-likeness (QED) is 0.624. The molecule has 0 aliphatic heterocycles. The topological polar surface area (TPSA) is 72.5 Å². The molecule has 1 atom stereocenters. The third-order valence-electron chi connectivity index (χ3n) is 2.65. The lowest BCUT2D eigenvalue weighted by atomic mass is 10.2. The normalized spacial score (nSPS) is 13.9. The van der Waals surface area contributed by atoms with Crippen molar-refractivity contribution in [1.29, 1.82) is 0 Å². The highest BCUT2D eigenvalue weighted by Crippen LogP contribution is 2.20. The third-order valence-corrected chi connectivity index (χ3v) is 2.65. The van der Waals surface area contributed by atoms with Crippen LogP contribution in [-0.2, 0) is 6.54 Å². The minimum atomic E-state index is -4.41. The summed E-state index contributed by atoms with van der Waals surface area (Å²) in [4.78, 5) is 7.85. The number of hydrogen-bond donors (Lipinski definition) is 2. The standard InChI is InChI=1S/C13H19F3N4O/c1-3-9(2)20-12(17)19-7-10-5-4-6-18-11(10)21-8-13(14,15)16/h4-6,9H,3,7-8H2,1-2H3,(H3,17,19,20). The van der Waals surface area contributed by atoms with E-state index in [4.69, 9.17) is 5.73 Å². The van der Waals surface area contributed by atoms with Gasteiger partial charge in [-0.2, -0.15) is 13.2 Å². The summed E-state index contributed by atoms with van der Waals surface area (Å²) >= 11 is 0. The fourth-order valence-corrected chi connectivity index (χ4v) is 1.40. The van der Waals surface area contributed by atoms with E-state index in [1.807, 2.05) is 13.8 Å². The van der Waals surface area contributed by atoms with Gasteiger partial charge in [0.25, 0.3) is 0 Å². The minimum Gasteiger partial charge on any atom is -0.468 e. The van der Waals surface area contributed by atoms with Gasteiger partial charge >= 0.3 is 6.18 Å². The van der Waals surface area contributed by atoms with Crippen molar-refractivity contribution >= 4 is 5.96 Å². The molecule has 118 valence electrons. The fourth-order valence-electron chi connectivity index (χ4n) is 1.40. The van der Waals surface area contributed by atoms with Crippen LogP contribution in [0, 0.1) is 0 Å². The maximum Gasteiger partial charge on any atom is 0.422 e. The van der Waals surface area contributed by atoms with Crippen molar-refractivity contribution in [3.05, 3.63) is 23.9 Å². The molecule has 0 radical (unpaired) electrons. The average Bonchev–Trinajstić information content (AvgIpc) is 2.42. The Hall–Kier alpha value is -1.99. The summed E-state index contributed by atoms with van der Waals surface area (Å²) < 4.78 is 41.1. The number of guanidine groups is 1. The Kier molecular flexibility index (Phi) is 6.26. The van der Waals surface area contributed by atoms with E-state index >= 15 is 0 Å². The summed E-state index contributed by atoms with van der Waals surface area (Å²) in [5.41, 5.74) is 6.13. The van der Waals surface area contributed by atoms with Crippen LogP contribution in [0.3, 0.4) is 0 Å². The molecule has 1 rings (SSSR count). The van der Waals surface area contributed by atoms with Gasteiger partial charge in [0.2, 0.25) is 5.88 Å². The second-order valence-corrected chi connectivity index (χ2v) is 4.53. The lowest BCUT2D eigenvalue weighted by molar-refractivity contribution is -0.154. The van der Waals surface area contributed by atoms with Gasteiger partial charge in [0.15, 0.2) is 12.6 Å². The predicted molar refractivity (Wildman–Crippen MR) is 74.0 cm³/mol. The lowest BCUT2D eigenvalue weighted by Crippen LogP contribution is -2.38. The van der Waals surface area contributed by atoms with Crippen LogP contribution in [-0.4, -0.2) is 29.8 Å². The molecule has 21 heavy (non-hydrogen) atoms. The first-order chi connectivity index (χ1) is 9.81. The van der Waals surface area contributed by atoms with E-state index in [2.05, 4.69) is 20.0 Å². The fraction of sp³-hybridized carbons (Fsp3) is 0.538. The van der Waals surface area contributed by atoms with Gasteiger partial charge in [0, 0.05) is 17.8 Å². The number of nitrogens with two attached hydrogens (primary N) is 1. The van der Waals surface area contributed by atoms with E-state index in [1.54, 1.807) is 12.1 Å². The van der Waals surface area contributed by atoms with Crippen LogP contribution in [0.15, 0.2) is 23.3 Å². The molecule has 0 aliphatic rings. The summed E-state index contributed by atoms with van der Waals surface area (Å²) in [6.45, 7) is 2.65. The largest absolute Gasteiger partial charge is 0.468 e. The zero-order chi connectivity index (χ0) is 15.9. The summed E-state index contributed by atoms with van der Waals surface area (Å²) in [5, 5.41) is 2.96. The number of rotatable bonds is 6. The van der Waals surface area contributed by atoms with E-state index in [0.29, 0.717) is 5.56 Å². The van der Waals surface area contributed by atoms with Crippen molar-refractivity contribution < 1.29 is 17.9 Å². The zero-order valence-electron chi connectivity index (χ0n) is 11.9. The molecule has 0 amide bonds. The summed E-state index contributed by atoms with van der Waals surface area (Å²) in [6.07, 6.45) is -2.17. The van der Waals surface area contributed by atoms with E-state index in [1.165, 1.54) is 6.20 Å². The van der Waals surface area contributed by atoms with Crippen molar-refractivity contribution in [2.75, 3.05) is 6.61 Å². The van der Waals surface area contributed by atoms with Gasteiger partial charge in [-0.05, 0) is 19.4 Å². The van der Waals surface area contributed by atoms with Crippen LogP contribution in [0.25, 0.3) is 0 Å². The molecule has 1 heterocycles. The molecule has 0 saturated carbocycles. The van der Waals surface area contributed by atoms with Gasteiger partial charge in [0.05, 0.1) is 6.54 Å². The number of nitrogens with one attached hydrogen (secondary N) is 1. The molecule has 0 spiro atoms. The average molecular weight is 304 g/mol. The second kappa shape index (κ2) is 7.70. The van der Waals surface area contributed by atoms with Crippen molar-refractivity contribution in [1.82, 2.24) is 10.3 Å². The maximum atomic E-state index is 12.2. The number of halogens is 3. The van der Waals surface area contributed by atoms with Crippen molar-refractivity contribution in [2.45, 2.75) is 39.0 Å². The Labute approximate surface area is 121 Å². The first-order valence-corrected chi connectivity index (χ1v) is 6.51. The predicted octanol–water partition coefficient (Wildman–Crippen LogP) is 2.23. The first-order valence-electron chi connectivity index (χ1n) is 6.51. The molecule has 8 heteroatoms. The molecule has 1 aromatic rings. The molecule has 0 bridgehead atoms. The van der Waals surface area contributed by atoms with Crippen LogP contribution >= 0.6 is 0 Å². The van der Waals surface area contributed by atoms with E-state index in [9.17, 15) is 13.2 Å². The van der Waals surface area contributed by atoms with Crippen molar-refractivity contribution in [2.24, 2.45) is 10.7 Å². The van der Waals surface area contributed by atoms with Gasteiger partial charge in [-0.15, -0.1) is 0 Å². The Morgan fingerprint density at radius 2 is 2.24 bits per heavy atom. The molecule has 5 nitrogen and oxygen atoms in total. The maximum absolute atomic E-state index is 12.2. The number of ether oxygens (including phenoxy) is 1. The molecular formula is C13H19F3N4O. The third kappa shape index (κ3) is 6.82. The molecule has 1 unspecified atom stereocenters. The van der Waals surface area contributed by atoms with Gasteiger partial charge in [-0.1, -0.05) is 13.0 Å². The van der Waals surface area contributed by atoms with Crippen LogP contribution in [0.4, 0.5) is 13.2 Å². The van der Waals surface area contributed by atoms with Crippen LogP contribution in [0.2, 0.25) is 0 Å². The highest BCUT2D eigenvalue weighted by Gasteiger charge is 2.29. The Balaban J connectivity index is 2.68. The number of aromatic nitrogens is 1. The summed E-state index contributed by atoms with van der Waals surface area (Å²) in [6, 6.07) is 3.37. The highest BCUT2D eigenvalue weighted by molar-refractivity contribution is 5.78. The van der Waals surface area contributed by atoms with E-state index in [0.717, 1.165) is 6.42 Å². The molecule has 3 N–H and O–H groups in total. The Bertz CT molecular complexity index is 477. The zero-order valence-corrected chi connectivity index (χ0v) is 11.9. The number of hydrogen-bond acceptors (Lipinski definition) is 3. The van der Waals surface area contributed by atoms with Gasteiger partial charge in [-0.25, -0.2) is 9.98 Å². The SMILES string of the molecule is CCC(C)NC(N)=NCc1cccnc1OCC(F)(F)F. The Morgan fingerprint density at radius 1 is 1.52 bits per heavy atom. The Morgan fingerprint density at radius 3 is 2.86 bits per heavy atom. The number of aliphatic imine (C=N–C) groups is 1.